The molecule has 3 heterocycles. The van der Waals surface area contributed by atoms with E-state index in [2.05, 4.69) is 21.1 Å². The zero-order chi connectivity index (χ0) is 16.6. The number of rotatable bonds is 3. The number of pyridine rings is 2. The topological polar surface area (TPSA) is 103 Å². The van der Waals surface area contributed by atoms with Gasteiger partial charge in [0.2, 0.25) is 5.88 Å². The van der Waals surface area contributed by atoms with Gasteiger partial charge < -0.3 is 10.5 Å². The van der Waals surface area contributed by atoms with E-state index in [1.54, 1.807) is 18.3 Å². The van der Waals surface area contributed by atoms with E-state index in [4.69, 9.17) is 15.7 Å². The van der Waals surface area contributed by atoms with Crippen molar-refractivity contribution in [1.29, 1.82) is 5.26 Å². The van der Waals surface area contributed by atoms with E-state index in [9.17, 15) is 0 Å². The Bertz CT molecular complexity index is 922. The maximum atomic E-state index is 9.07. The van der Waals surface area contributed by atoms with Gasteiger partial charge in [-0.2, -0.15) is 10.4 Å². The van der Waals surface area contributed by atoms with E-state index < -0.39 is 0 Å². The average Bonchev–Trinajstić information content (AvgIpc) is 2.99. The number of aromatic nitrogens is 4. The van der Waals surface area contributed by atoms with Crippen LogP contribution in [0.2, 0.25) is 0 Å². The summed E-state index contributed by atoms with van der Waals surface area (Å²) in [5.41, 5.74) is 9.92. The first-order valence-electron chi connectivity index (χ1n) is 7.13. The van der Waals surface area contributed by atoms with Crippen molar-refractivity contribution in [2.45, 2.75) is 19.9 Å². The summed E-state index contributed by atoms with van der Waals surface area (Å²) in [7, 11) is 1.52. The quantitative estimate of drug-likeness (QED) is 0.797. The Hall–Kier alpha value is -3.14. The number of nitrogen functional groups attached to an aromatic ring is 1. The zero-order valence-corrected chi connectivity index (χ0v) is 13.1. The van der Waals surface area contributed by atoms with Crippen molar-refractivity contribution in [2.24, 2.45) is 0 Å². The van der Waals surface area contributed by atoms with Crippen molar-refractivity contribution in [3.8, 4) is 23.2 Å². The lowest BCUT2D eigenvalue weighted by molar-refractivity contribution is 0.399. The highest BCUT2D eigenvalue weighted by atomic mass is 16.5. The molecule has 0 fully saturated rings. The molecular formula is C16H16N6O. The van der Waals surface area contributed by atoms with Crippen LogP contribution in [0.25, 0.3) is 22.3 Å². The predicted octanol–water partition coefficient (Wildman–Crippen LogP) is 2.54. The number of fused-ring (bicyclic) bond motifs is 1. The molecule has 3 rings (SSSR count). The lowest BCUT2D eigenvalue weighted by Crippen LogP contribution is -2.04. The van der Waals surface area contributed by atoms with Gasteiger partial charge in [-0.3, -0.25) is 4.68 Å². The van der Waals surface area contributed by atoms with Crippen LogP contribution in [0.15, 0.2) is 24.5 Å². The molecule has 0 aliphatic rings. The molecule has 7 heteroatoms. The van der Waals surface area contributed by atoms with Gasteiger partial charge >= 0.3 is 0 Å². The molecule has 0 amide bonds. The third-order valence-corrected chi connectivity index (χ3v) is 3.52. The van der Waals surface area contributed by atoms with Crippen LogP contribution in [0.5, 0.6) is 5.88 Å². The Morgan fingerprint density at radius 3 is 2.74 bits per heavy atom. The monoisotopic (exact) mass is 308 g/mol. The van der Waals surface area contributed by atoms with Gasteiger partial charge in [-0.15, -0.1) is 0 Å². The van der Waals surface area contributed by atoms with Gasteiger partial charge in [0.05, 0.1) is 35.8 Å². The molecule has 0 saturated heterocycles. The second-order valence-electron chi connectivity index (χ2n) is 5.41. The van der Waals surface area contributed by atoms with Crippen molar-refractivity contribution < 1.29 is 4.74 Å². The van der Waals surface area contributed by atoms with Gasteiger partial charge in [0.1, 0.15) is 17.1 Å². The Morgan fingerprint density at radius 1 is 1.30 bits per heavy atom. The highest BCUT2D eigenvalue weighted by Gasteiger charge is 2.16. The summed E-state index contributed by atoms with van der Waals surface area (Å²) < 4.78 is 7.11. The Kier molecular flexibility index (Phi) is 3.58. The van der Waals surface area contributed by atoms with Gasteiger partial charge in [-0.05, 0) is 26.0 Å². The van der Waals surface area contributed by atoms with E-state index in [-0.39, 0.29) is 6.04 Å². The number of nitrogens with zero attached hydrogens (tertiary/aromatic N) is 5. The molecule has 116 valence electrons. The van der Waals surface area contributed by atoms with Crippen molar-refractivity contribution in [3.05, 3.63) is 30.1 Å². The Labute approximate surface area is 133 Å². The first-order valence-corrected chi connectivity index (χ1v) is 7.13. The van der Waals surface area contributed by atoms with Gasteiger partial charge in [0, 0.05) is 12.2 Å². The lowest BCUT2D eigenvalue weighted by atomic mass is 10.1. The van der Waals surface area contributed by atoms with E-state index in [1.807, 2.05) is 18.5 Å². The molecule has 3 aromatic heterocycles. The summed E-state index contributed by atoms with van der Waals surface area (Å²) in [5, 5.41) is 13.4. The number of nitriles is 1. The molecule has 0 aromatic carbocycles. The highest BCUT2D eigenvalue weighted by molar-refractivity contribution is 5.90. The van der Waals surface area contributed by atoms with Crippen LogP contribution >= 0.6 is 0 Å². The van der Waals surface area contributed by atoms with E-state index >= 15 is 0 Å². The largest absolute Gasteiger partial charge is 0.481 e. The number of anilines is 1. The third kappa shape index (κ3) is 2.44. The summed E-state index contributed by atoms with van der Waals surface area (Å²) in [4.78, 5) is 8.74. The second kappa shape index (κ2) is 5.57. The molecule has 0 radical (unpaired) electrons. The van der Waals surface area contributed by atoms with E-state index in [0.29, 0.717) is 33.9 Å². The number of hydrogen-bond donors (Lipinski definition) is 1. The molecule has 0 atom stereocenters. The molecule has 0 aliphatic heterocycles. The predicted molar refractivity (Wildman–Crippen MR) is 86.8 cm³/mol. The Balaban J connectivity index is 2.24. The van der Waals surface area contributed by atoms with Crippen LogP contribution in [0, 0.1) is 11.3 Å². The molecule has 0 bridgehead atoms. The van der Waals surface area contributed by atoms with Crippen molar-refractivity contribution in [2.75, 3.05) is 12.8 Å². The molecule has 2 N–H and O–H groups in total. The molecule has 0 spiro atoms. The lowest BCUT2D eigenvalue weighted by Gasteiger charge is -2.11. The fraction of sp³-hybridized carbons (Fsp3) is 0.250. The average molecular weight is 308 g/mol. The molecular weight excluding hydrogens is 292 g/mol. The SMILES string of the molecule is COc1ncc(C#N)cc1-c1cc(N)c2c(cnn2C(C)C)n1. The third-order valence-electron chi connectivity index (χ3n) is 3.52. The minimum absolute atomic E-state index is 0.181. The summed E-state index contributed by atoms with van der Waals surface area (Å²) in [5.74, 6) is 0.395. The summed E-state index contributed by atoms with van der Waals surface area (Å²) >= 11 is 0. The number of methoxy groups -OCH3 is 1. The fourth-order valence-corrected chi connectivity index (χ4v) is 2.48. The van der Waals surface area contributed by atoms with Crippen molar-refractivity contribution in [3.63, 3.8) is 0 Å². The van der Waals surface area contributed by atoms with Crippen LogP contribution in [-0.2, 0) is 0 Å². The molecule has 23 heavy (non-hydrogen) atoms. The molecule has 0 aliphatic carbocycles. The summed E-state index contributed by atoms with van der Waals surface area (Å²) in [6.45, 7) is 4.06. The molecule has 0 unspecified atom stereocenters. The van der Waals surface area contributed by atoms with E-state index in [0.717, 1.165) is 5.52 Å². The minimum Gasteiger partial charge on any atom is -0.481 e. The number of ether oxygens (including phenoxy) is 1. The van der Waals surface area contributed by atoms with Crippen molar-refractivity contribution in [1.82, 2.24) is 19.7 Å². The Morgan fingerprint density at radius 2 is 2.09 bits per heavy atom. The van der Waals surface area contributed by atoms with Crippen LogP contribution in [0.4, 0.5) is 5.69 Å². The van der Waals surface area contributed by atoms with Crippen LogP contribution in [-0.4, -0.2) is 26.9 Å². The van der Waals surface area contributed by atoms with Gasteiger partial charge in [-0.25, -0.2) is 9.97 Å². The maximum absolute atomic E-state index is 9.07. The molecule has 0 saturated carbocycles. The molecule has 3 aromatic rings. The maximum Gasteiger partial charge on any atom is 0.222 e. The summed E-state index contributed by atoms with van der Waals surface area (Å²) in [6, 6.07) is 5.69. The zero-order valence-electron chi connectivity index (χ0n) is 13.1. The van der Waals surface area contributed by atoms with Gasteiger partial charge in [0.15, 0.2) is 0 Å². The van der Waals surface area contributed by atoms with Crippen LogP contribution in [0.1, 0.15) is 25.5 Å². The van der Waals surface area contributed by atoms with Crippen LogP contribution in [0.3, 0.4) is 0 Å². The van der Waals surface area contributed by atoms with Crippen molar-refractivity contribution >= 4 is 16.7 Å². The van der Waals surface area contributed by atoms with E-state index in [1.165, 1.54) is 13.3 Å². The van der Waals surface area contributed by atoms with Gasteiger partial charge in [0.25, 0.3) is 0 Å². The molecule has 7 nitrogen and oxygen atoms in total. The van der Waals surface area contributed by atoms with Gasteiger partial charge in [-0.1, -0.05) is 0 Å². The smallest absolute Gasteiger partial charge is 0.222 e. The summed E-state index contributed by atoms with van der Waals surface area (Å²) in [6.07, 6.45) is 3.14. The fourth-order valence-electron chi connectivity index (χ4n) is 2.48. The first-order chi connectivity index (χ1) is 11.0. The number of hydrogen-bond acceptors (Lipinski definition) is 6. The highest BCUT2D eigenvalue weighted by Crippen LogP contribution is 2.32. The number of nitrogens with two attached hydrogens (primary N) is 1. The second-order valence-corrected chi connectivity index (χ2v) is 5.41. The van der Waals surface area contributed by atoms with Crippen LogP contribution < -0.4 is 10.5 Å². The standard InChI is InChI=1S/C16H16N6O/c1-9(2)22-15-12(18)5-13(21-14(15)8-20-22)11-4-10(6-17)7-19-16(11)23-3/h4-5,7-9H,1-3H3,(H2,18,21). The first kappa shape index (κ1) is 14.8. The minimum atomic E-state index is 0.181. The normalized spacial score (nSPS) is 10.9.